The Morgan fingerprint density at radius 2 is 2.43 bits per heavy atom. The minimum atomic E-state index is -0.274. The molecule has 1 heterocycles. The van der Waals surface area contributed by atoms with E-state index in [1.54, 1.807) is 18.0 Å². The van der Waals surface area contributed by atoms with Gasteiger partial charge in [-0.05, 0) is 42.5 Å². The fraction of sp³-hybridized carbons (Fsp3) is 0.500. The molecule has 0 aromatic carbocycles. The Balaban J connectivity index is 2.43. The van der Waals surface area contributed by atoms with Crippen molar-refractivity contribution < 1.29 is 5.11 Å². The summed E-state index contributed by atoms with van der Waals surface area (Å²) < 4.78 is 0. The molecule has 0 spiro atoms. The highest BCUT2D eigenvalue weighted by molar-refractivity contribution is 7.98. The fourth-order valence-electron chi connectivity index (χ4n) is 1.25. The first-order valence-electron chi connectivity index (χ1n) is 4.60. The summed E-state index contributed by atoms with van der Waals surface area (Å²) in [5, 5.41) is 9.65. The fourth-order valence-corrected chi connectivity index (χ4v) is 1.76. The Hall–Kier alpha value is -0.740. The number of aliphatic hydroxyl groups excluding tert-OH is 1. The third-order valence-corrected chi connectivity index (χ3v) is 2.62. The third-order valence-electron chi connectivity index (χ3n) is 1.97. The summed E-state index contributed by atoms with van der Waals surface area (Å²) in [6.07, 6.45) is 4.92. The predicted octanol–water partition coefficient (Wildman–Crippen LogP) is 1.32. The minimum absolute atomic E-state index is 0.274. The largest absolute Gasteiger partial charge is 0.393 e. The van der Waals surface area contributed by atoms with E-state index in [0.29, 0.717) is 12.2 Å². The van der Waals surface area contributed by atoms with Gasteiger partial charge in [0.25, 0.3) is 0 Å². The van der Waals surface area contributed by atoms with Crippen LogP contribution in [0.2, 0.25) is 0 Å². The van der Waals surface area contributed by atoms with Crippen molar-refractivity contribution in [1.29, 1.82) is 0 Å². The lowest BCUT2D eigenvalue weighted by Crippen LogP contribution is -2.11. The molecule has 0 aliphatic carbocycles. The molecule has 0 saturated heterocycles. The molecular formula is C10H16N2OS. The molecular weight excluding hydrogens is 196 g/mol. The van der Waals surface area contributed by atoms with Gasteiger partial charge in [-0.2, -0.15) is 11.8 Å². The smallest absolute Gasteiger partial charge is 0.123 e. The second-order valence-corrected chi connectivity index (χ2v) is 4.21. The van der Waals surface area contributed by atoms with Crippen LogP contribution < -0.4 is 5.73 Å². The van der Waals surface area contributed by atoms with Crippen molar-refractivity contribution in [3.8, 4) is 0 Å². The van der Waals surface area contributed by atoms with Gasteiger partial charge < -0.3 is 10.8 Å². The van der Waals surface area contributed by atoms with Gasteiger partial charge in [0.05, 0.1) is 6.10 Å². The molecule has 0 radical (unpaired) electrons. The van der Waals surface area contributed by atoms with Gasteiger partial charge >= 0.3 is 0 Å². The highest BCUT2D eigenvalue weighted by Crippen LogP contribution is 2.09. The molecule has 0 amide bonds. The first-order valence-corrected chi connectivity index (χ1v) is 5.99. The number of hydrogen-bond acceptors (Lipinski definition) is 4. The van der Waals surface area contributed by atoms with E-state index in [4.69, 9.17) is 5.73 Å². The number of aromatic nitrogens is 1. The van der Waals surface area contributed by atoms with Gasteiger partial charge in [-0.1, -0.05) is 0 Å². The second kappa shape index (κ2) is 5.88. The summed E-state index contributed by atoms with van der Waals surface area (Å²) >= 11 is 1.75. The van der Waals surface area contributed by atoms with E-state index >= 15 is 0 Å². The van der Waals surface area contributed by atoms with Crippen LogP contribution in [0.5, 0.6) is 0 Å². The normalized spacial score (nSPS) is 12.7. The maximum atomic E-state index is 9.65. The van der Waals surface area contributed by atoms with E-state index in [1.165, 1.54) is 0 Å². The van der Waals surface area contributed by atoms with Crippen LogP contribution >= 0.6 is 11.8 Å². The van der Waals surface area contributed by atoms with E-state index in [-0.39, 0.29) is 6.10 Å². The van der Waals surface area contributed by atoms with Gasteiger partial charge in [0.15, 0.2) is 0 Å². The summed E-state index contributed by atoms with van der Waals surface area (Å²) in [6.45, 7) is 0. The van der Waals surface area contributed by atoms with Crippen LogP contribution in [0.15, 0.2) is 18.3 Å². The number of nitrogens with zero attached hydrogens (tertiary/aromatic N) is 1. The van der Waals surface area contributed by atoms with E-state index in [0.717, 1.165) is 17.7 Å². The molecule has 0 bridgehead atoms. The number of thioether (sulfide) groups is 1. The topological polar surface area (TPSA) is 59.1 Å². The van der Waals surface area contributed by atoms with Gasteiger partial charge in [-0.3, -0.25) is 0 Å². The zero-order valence-electron chi connectivity index (χ0n) is 8.31. The van der Waals surface area contributed by atoms with Gasteiger partial charge in [-0.15, -0.1) is 0 Å². The van der Waals surface area contributed by atoms with E-state index < -0.39 is 0 Å². The molecule has 78 valence electrons. The van der Waals surface area contributed by atoms with Crippen molar-refractivity contribution in [3.63, 3.8) is 0 Å². The van der Waals surface area contributed by atoms with Crippen LogP contribution in [-0.4, -0.2) is 28.2 Å². The predicted molar refractivity (Wildman–Crippen MR) is 61.4 cm³/mol. The number of hydrogen-bond donors (Lipinski definition) is 2. The van der Waals surface area contributed by atoms with Crippen molar-refractivity contribution in [3.05, 3.63) is 23.9 Å². The number of nitrogen functional groups attached to an aromatic ring is 1. The molecule has 0 saturated carbocycles. The molecule has 1 aromatic rings. The lowest BCUT2D eigenvalue weighted by atomic mass is 10.1. The average Bonchev–Trinajstić information content (AvgIpc) is 2.15. The molecule has 1 rings (SSSR count). The SMILES string of the molecule is CSCCC(O)Cc1ccnc(N)c1. The van der Waals surface area contributed by atoms with Gasteiger partial charge in [0.2, 0.25) is 0 Å². The summed E-state index contributed by atoms with van der Waals surface area (Å²) in [5.41, 5.74) is 6.58. The monoisotopic (exact) mass is 212 g/mol. The Bertz CT molecular complexity index is 281. The van der Waals surface area contributed by atoms with Crippen LogP contribution in [0, 0.1) is 0 Å². The first-order chi connectivity index (χ1) is 6.72. The van der Waals surface area contributed by atoms with Gasteiger partial charge in [0, 0.05) is 6.20 Å². The Morgan fingerprint density at radius 1 is 1.64 bits per heavy atom. The minimum Gasteiger partial charge on any atom is -0.393 e. The van der Waals surface area contributed by atoms with E-state index in [9.17, 15) is 5.11 Å². The molecule has 1 aromatic heterocycles. The van der Waals surface area contributed by atoms with Crippen LogP contribution in [-0.2, 0) is 6.42 Å². The van der Waals surface area contributed by atoms with Crippen molar-refractivity contribution >= 4 is 17.6 Å². The molecule has 4 heteroatoms. The lowest BCUT2D eigenvalue weighted by Gasteiger charge is -2.09. The number of pyridine rings is 1. The number of aliphatic hydroxyl groups is 1. The molecule has 0 aliphatic heterocycles. The average molecular weight is 212 g/mol. The van der Waals surface area contributed by atoms with E-state index in [1.807, 2.05) is 18.4 Å². The highest BCUT2D eigenvalue weighted by Gasteiger charge is 2.05. The molecule has 0 fully saturated rings. The van der Waals surface area contributed by atoms with Crippen molar-refractivity contribution in [2.75, 3.05) is 17.7 Å². The van der Waals surface area contributed by atoms with Crippen LogP contribution in [0.1, 0.15) is 12.0 Å². The van der Waals surface area contributed by atoms with E-state index in [2.05, 4.69) is 4.98 Å². The van der Waals surface area contributed by atoms with Crippen LogP contribution in [0.3, 0.4) is 0 Å². The van der Waals surface area contributed by atoms with Crippen LogP contribution in [0.25, 0.3) is 0 Å². The van der Waals surface area contributed by atoms with Gasteiger partial charge in [-0.25, -0.2) is 4.98 Å². The quantitative estimate of drug-likeness (QED) is 0.773. The maximum Gasteiger partial charge on any atom is 0.123 e. The molecule has 14 heavy (non-hydrogen) atoms. The molecule has 1 atom stereocenters. The highest BCUT2D eigenvalue weighted by atomic mass is 32.2. The lowest BCUT2D eigenvalue weighted by molar-refractivity contribution is 0.172. The third kappa shape index (κ3) is 3.98. The zero-order chi connectivity index (χ0) is 10.4. The number of rotatable bonds is 5. The molecule has 3 N–H and O–H groups in total. The zero-order valence-corrected chi connectivity index (χ0v) is 9.13. The van der Waals surface area contributed by atoms with Crippen LogP contribution in [0.4, 0.5) is 5.82 Å². The maximum absolute atomic E-state index is 9.65. The van der Waals surface area contributed by atoms with Crippen molar-refractivity contribution in [2.45, 2.75) is 18.9 Å². The molecule has 0 aliphatic rings. The summed E-state index contributed by atoms with van der Waals surface area (Å²) in [4.78, 5) is 3.90. The molecule has 3 nitrogen and oxygen atoms in total. The van der Waals surface area contributed by atoms with Gasteiger partial charge in [0.1, 0.15) is 5.82 Å². The van der Waals surface area contributed by atoms with Crippen molar-refractivity contribution in [2.24, 2.45) is 0 Å². The second-order valence-electron chi connectivity index (χ2n) is 3.23. The Morgan fingerprint density at radius 3 is 3.07 bits per heavy atom. The Kier molecular flexibility index (Phi) is 4.76. The summed E-state index contributed by atoms with van der Waals surface area (Å²) in [6, 6.07) is 3.70. The molecule has 1 unspecified atom stereocenters. The Labute approximate surface area is 88.7 Å². The summed E-state index contributed by atoms with van der Waals surface area (Å²) in [7, 11) is 0. The first kappa shape index (κ1) is 11.3. The summed E-state index contributed by atoms with van der Waals surface area (Å²) in [5.74, 6) is 1.50. The number of nitrogens with two attached hydrogens (primary N) is 1. The number of anilines is 1. The standard InChI is InChI=1S/C10H16N2OS/c1-14-5-3-9(13)6-8-2-4-12-10(11)7-8/h2,4,7,9,13H,3,5-6H2,1H3,(H2,11,12). The van der Waals surface area contributed by atoms with Crippen molar-refractivity contribution in [1.82, 2.24) is 4.98 Å².